The van der Waals surface area contributed by atoms with E-state index in [9.17, 15) is 9.18 Å². The van der Waals surface area contributed by atoms with E-state index in [1.54, 1.807) is 26.0 Å². The molecular weight excluding hydrogens is 303 g/mol. The van der Waals surface area contributed by atoms with Crippen molar-refractivity contribution in [3.8, 4) is 11.3 Å². The van der Waals surface area contributed by atoms with Crippen LogP contribution in [0.2, 0.25) is 0 Å². The molecule has 0 saturated heterocycles. The largest absolute Gasteiger partial charge is 0.449 e. The lowest BCUT2D eigenvalue weighted by Crippen LogP contribution is -2.10. The van der Waals surface area contributed by atoms with Crippen molar-refractivity contribution in [2.75, 3.05) is 0 Å². The zero-order valence-electron chi connectivity index (χ0n) is 12.4. The van der Waals surface area contributed by atoms with Crippen molar-refractivity contribution in [3.05, 3.63) is 53.6 Å². The molecule has 1 N–H and O–H groups in total. The average Bonchev–Trinajstić information content (AvgIpc) is 3.17. The topological polar surface area (TPSA) is 93.9 Å². The summed E-state index contributed by atoms with van der Waals surface area (Å²) < 4.78 is 23.5. The SMILES string of the molecule is Cc1nnc(C(C)OC(=O)c2cn[nH]c2-c2ccc(F)cc2)o1. The molecule has 8 heteroatoms. The molecule has 1 unspecified atom stereocenters. The van der Waals surface area contributed by atoms with Gasteiger partial charge in [-0.25, -0.2) is 9.18 Å². The van der Waals surface area contributed by atoms with Crippen molar-refractivity contribution >= 4 is 5.97 Å². The van der Waals surface area contributed by atoms with E-state index in [1.807, 2.05) is 0 Å². The van der Waals surface area contributed by atoms with Crippen LogP contribution < -0.4 is 0 Å². The van der Waals surface area contributed by atoms with Crippen LogP contribution >= 0.6 is 0 Å². The highest BCUT2D eigenvalue weighted by Crippen LogP contribution is 2.24. The van der Waals surface area contributed by atoms with Gasteiger partial charge in [0.15, 0.2) is 6.10 Å². The number of aromatic amines is 1. The molecular formula is C15H13FN4O3. The number of hydrogen-bond donors (Lipinski definition) is 1. The third kappa shape index (κ3) is 3.10. The van der Waals surface area contributed by atoms with Crippen LogP contribution in [0.4, 0.5) is 4.39 Å². The Hall–Kier alpha value is -3.03. The van der Waals surface area contributed by atoms with Gasteiger partial charge in [-0.15, -0.1) is 10.2 Å². The number of rotatable bonds is 4. The van der Waals surface area contributed by atoms with Gasteiger partial charge in [0.1, 0.15) is 11.4 Å². The highest BCUT2D eigenvalue weighted by molar-refractivity contribution is 5.96. The maximum atomic E-state index is 13.0. The van der Waals surface area contributed by atoms with Gasteiger partial charge in [0, 0.05) is 12.5 Å². The molecule has 3 aromatic rings. The quantitative estimate of drug-likeness (QED) is 0.744. The highest BCUT2D eigenvalue weighted by Gasteiger charge is 2.22. The smallest absolute Gasteiger partial charge is 0.342 e. The first-order valence-electron chi connectivity index (χ1n) is 6.85. The van der Waals surface area contributed by atoms with E-state index >= 15 is 0 Å². The number of aromatic nitrogens is 4. The molecule has 118 valence electrons. The van der Waals surface area contributed by atoms with Crippen molar-refractivity contribution < 1.29 is 18.3 Å². The van der Waals surface area contributed by atoms with Gasteiger partial charge < -0.3 is 9.15 Å². The van der Waals surface area contributed by atoms with Crippen molar-refractivity contribution in [2.45, 2.75) is 20.0 Å². The number of carbonyl (C=O) groups is 1. The summed E-state index contributed by atoms with van der Waals surface area (Å²) in [6, 6.07) is 5.69. The summed E-state index contributed by atoms with van der Waals surface area (Å²) in [5.74, 6) is -0.361. The number of halogens is 1. The van der Waals surface area contributed by atoms with Gasteiger partial charge in [0.2, 0.25) is 5.89 Å². The summed E-state index contributed by atoms with van der Waals surface area (Å²) in [5.41, 5.74) is 1.31. The number of hydrogen-bond acceptors (Lipinski definition) is 6. The lowest BCUT2D eigenvalue weighted by Gasteiger charge is -2.09. The second-order valence-electron chi connectivity index (χ2n) is 4.87. The van der Waals surface area contributed by atoms with Crippen molar-refractivity contribution in [1.82, 2.24) is 20.4 Å². The van der Waals surface area contributed by atoms with Crippen molar-refractivity contribution in [3.63, 3.8) is 0 Å². The second kappa shape index (κ2) is 5.99. The first-order valence-corrected chi connectivity index (χ1v) is 6.85. The summed E-state index contributed by atoms with van der Waals surface area (Å²) in [6.07, 6.45) is 0.659. The molecule has 0 aliphatic heterocycles. The maximum Gasteiger partial charge on any atom is 0.342 e. The molecule has 0 aliphatic rings. The van der Waals surface area contributed by atoms with Crippen LogP contribution in [0.5, 0.6) is 0 Å². The summed E-state index contributed by atoms with van der Waals surface area (Å²) in [7, 11) is 0. The Labute approximate surface area is 130 Å². The van der Waals surface area contributed by atoms with Gasteiger partial charge in [-0.05, 0) is 31.2 Å². The summed E-state index contributed by atoms with van der Waals surface area (Å²) in [6.45, 7) is 3.27. The standard InChI is InChI=1S/C15H13FN4O3/c1-8(14-20-18-9(2)23-14)22-15(21)12-7-17-19-13(12)10-3-5-11(16)6-4-10/h3-8H,1-2H3,(H,17,19). The Morgan fingerprint density at radius 1 is 1.30 bits per heavy atom. The van der Waals surface area contributed by atoms with Crippen LogP contribution in [0.25, 0.3) is 11.3 Å². The molecule has 0 fully saturated rings. The van der Waals surface area contributed by atoms with Gasteiger partial charge in [-0.2, -0.15) is 5.10 Å². The molecule has 2 heterocycles. The fourth-order valence-electron chi connectivity index (χ4n) is 2.03. The fraction of sp³-hybridized carbons (Fsp3) is 0.200. The van der Waals surface area contributed by atoms with Gasteiger partial charge in [-0.1, -0.05) is 0 Å². The zero-order chi connectivity index (χ0) is 16.4. The number of benzene rings is 1. The highest BCUT2D eigenvalue weighted by atomic mass is 19.1. The van der Waals surface area contributed by atoms with Crippen LogP contribution in [0.15, 0.2) is 34.9 Å². The third-order valence-electron chi connectivity index (χ3n) is 3.17. The predicted molar refractivity (Wildman–Crippen MR) is 76.8 cm³/mol. The third-order valence-corrected chi connectivity index (χ3v) is 3.17. The number of nitrogens with zero attached hydrogens (tertiary/aromatic N) is 3. The molecule has 0 spiro atoms. The molecule has 23 heavy (non-hydrogen) atoms. The average molecular weight is 316 g/mol. The van der Waals surface area contributed by atoms with E-state index < -0.39 is 12.1 Å². The molecule has 1 aromatic carbocycles. The normalized spacial score (nSPS) is 12.1. The van der Waals surface area contributed by atoms with Crippen LogP contribution in [0.3, 0.4) is 0 Å². The Morgan fingerprint density at radius 3 is 2.70 bits per heavy atom. The van der Waals surface area contributed by atoms with E-state index in [0.29, 0.717) is 17.1 Å². The van der Waals surface area contributed by atoms with E-state index in [2.05, 4.69) is 20.4 Å². The molecule has 0 saturated carbocycles. The van der Waals surface area contributed by atoms with Gasteiger partial charge in [0.05, 0.1) is 11.9 Å². The predicted octanol–water partition coefficient (Wildman–Crippen LogP) is 2.83. The number of esters is 1. The number of nitrogens with one attached hydrogen (secondary N) is 1. The lowest BCUT2D eigenvalue weighted by molar-refractivity contribution is 0.0278. The van der Waals surface area contributed by atoms with E-state index in [1.165, 1.54) is 18.3 Å². The van der Waals surface area contributed by atoms with Gasteiger partial charge in [0.25, 0.3) is 5.89 Å². The zero-order valence-corrected chi connectivity index (χ0v) is 12.4. The number of aryl methyl sites for hydroxylation is 1. The number of H-pyrrole nitrogens is 1. The number of ether oxygens (including phenoxy) is 1. The van der Waals surface area contributed by atoms with E-state index in [-0.39, 0.29) is 17.3 Å². The number of carbonyl (C=O) groups excluding carboxylic acids is 1. The molecule has 7 nitrogen and oxygen atoms in total. The first-order chi connectivity index (χ1) is 11.0. The van der Waals surface area contributed by atoms with Crippen LogP contribution in [-0.4, -0.2) is 26.4 Å². The second-order valence-corrected chi connectivity index (χ2v) is 4.87. The molecule has 3 rings (SSSR count). The Morgan fingerprint density at radius 2 is 2.04 bits per heavy atom. The minimum absolute atomic E-state index is 0.211. The minimum atomic E-state index is -0.695. The summed E-state index contributed by atoms with van der Waals surface area (Å²) in [5, 5.41) is 14.1. The first kappa shape index (κ1) is 14.9. The molecule has 0 radical (unpaired) electrons. The molecule has 0 amide bonds. The van der Waals surface area contributed by atoms with Gasteiger partial charge >= 0.3 is 5.97 Å². The van der Waals surface area contributed by atoms with Crippen LogP contribution in [0.1, 0.15) is 35.2 Å². The summed E-state index contributed by atoms with van der Waals surface area (Å²) in [4.78, 5) is 12.3. The molecule has 0 bridgehead atoms. The van der Waals surface area contributed by atoms with E-state index in [4.69, 9.17) is 9.15 Å². The Bertz CT molecular complexity index is 825. The maximum absolute atomic E-state index is 13.0. The monoisotopic (exact) mass is 316 g/mol. The minimum Gasteiger partial charge on any atom is -0.449 e. The lowest BCUT2D eigenvalue weighted by atomic mass is 10.1. The van der Waals surface area contributed by atoms with Crippen molar-refractivity contribution in [2.24, 2.45) is 0 Å². The molecule has 2 aromatic heterocycles. The van der Waals surface area contributed by atoms with Gasteiger partial charge in [-0.3, -0.25) is 5.10 Å². The molecule has 0 aliphatic carbocycles. The fourth-order valence-corrected chi connectivity index (χ4v) is 2.03. The summed E-state index contributed by atoms with van der Waals surface area (Å²) >= 11 is 0. The van der Waals surface area contributed by atoms with Crippen LogP contribution in [0, 0.1) is 12.7 Å². The Balaban J connectivity index is 1.81. The Kier molecular flexibility index (Phi) is 3.88. The van der Waals surface area contributed by atoms with E-state index in [0.717, 1.165) is 0 Å². The van der Waals surface area contributed by atoms with Crippen LogP contribution in [-0.2, 0) is 4.74 Å². The van der Waals surface area contributed by atoms with Crippen molar-refractivity contribution in [1.29, 1.82) is 0 Å². The molecule has 1 atom stereocenters.